The fourth-order valence-electron chi connectivity index (χ4n) is 1.92. The lowest BCUT2D eigenvalue weighted by molar-refractivity contribution is 0.719. The van der Waals surface area contributed by atoms with Crippen molar-refractivity contribution in [3.05, 3.63) is 42.1 Å². The Bertz CT molecular complexity index is 422. The molecule has 0 fully saturated rings. The van der Waals surface area contributed by atoms with Crippen molar-refractivity contribution in [1.29, 1.82) is 0 Å². The minimum Gasteiger partial charge on any atom is -0.0947 e. The Kier molecular flexibility index (Phi) is 5.02. The number of allylic oxidation sites excluding steroid dienone is 1. The van der Waals surface area contributed by atoms with E-state index < -0.39 is 16.1 Å². The summed E-state index contributed by atoms with van der Waals surface area (Å²) in [7, 11) is -2.57. The van der Waals surface area contributed by atoms with Gasteiger partial charge in [-0.3, -0.25) is 0 Å². The molecule has 0 unspecified atom stereocenters. The van der Waals surface area contributed by atoms with Crippen molar-refractivity contribution >= 4 is 21.3 Å². The van der Waals surface area contributed by atoms with E-state index in [4.69, 9.17) is 0 Å². The van der Waals surface area contributed by atoms with E-state index in [1.807, 2.05) is 0 Å². The number of rotatable bonds is 4. The molecule has 0 aliphatic heterocycles. The smallest absolute Gasteiger partial charge is 0.0947 e. The molecule has 0 atom stereocenters. The van der Waals surface area contributed by atoms with Crippen molar-refractivity contribution in [3.8, 4) is 0 Å². The summed E-state index contributed by atoms with van der Waals surface area (Å²) in [5.74, 6) is 0. The summed E-state index contributed by atoms with van der Waals surface area (Å²) in [4.78, 5) is 0. The van der Waals surface area contributed by atoms with Gasteiger partial charge >= 0.3 is 0 Å². The first-order chi connectivity index (χ1) is 8.56. The van der Waals surface area contributed by atoms with Gasteiger partial charge in [-0.1, -0.05) is 94.3 Å². The SMILES string of the molecule is CC(C)(C)[Si](C)(C)C/C=C/[Si](C)(C)c1ccccc1. The van der Waals surface area contributed by atoms with Crippen LogP contribution in [0.2, 0.25) is 37.3 Å². The lowest BCUT2D eigenvalue weighted by Crippen LogP contribution is -2.40. The quantitative estimate of drug-likeness (QED) is 0.668. The summed E-state index contributed by atoms with van der Waals surface area (Å²) in [5, 5.41) is 2.01. The van der Waals surface area contributed by atoms with E-state index in [1.54, 1.807) is 0 Å². The molecule has 2 heteroatoms. The summed E-state index contributed by atoms with van der Waals surface area (Å²) in [6.07, 6.45) is 2.48. The molecule has 0 aliphatic rings. The Labute approximate surface area is 122 Å². The van der Waals surface area contributed by atoms with Crippen LogP contribution in [0.1, 0.15) is 20.8 Å². The summed E-state index contributed by atoms with van der Waals surface area (Å²) in [6, 6.07) is 12.3. The maximum atomic E-state index is 2.53. The van der Waals surface area contributed by atoms with Crippen molar-refractivity contribution in [2.45, 2.75) is 58.0 Å². The molecule has 1 rings (SSSR count). The zero-order valence-electron chi connectivity index (χ0n) is 13.7. The van der Waals surface area contributed by atoms with Crippen LogP contribution in [0.4, 0.5) is 0 Å². The average Bonchev–Trinajstić information content (AvgIpc) is 2.28. The molecule has 0 nitrogen and oxygen atoms in total. The molecule has 0 radical (unpaired) electrons. The van der Waals surface area contributed by atoms with Gasteiger partial charge in [-0.25, -0.2) is 0 Å². The maximum Gasteiger partial charge on any atom is 0.103 e. The summed E-state index contributed by atoms with van der Waals surface area (Å²) in [6.45, 7) is 17.1. The molecule has 0 saturated heterocycles. The van der Waals surface area contributed by atoms with Crippen LogP contribution >= 0.6 is 0 Å². The highest BCUT2D eigenvalue weighted by Crippen LogP contribution is 2.38. The highest BCUT2D eigenvalue weighted by Gasteiger charge is 2.33. The number of hydrogen-bond donors (Lipinski definition) is 0. The van der Waals surface area contributed by atoms with Crippen LogP contribution in [0.25, 0.3) is 0 Å². The molecule has 0 amide bonds. The van der Waals surface area contributed by atoms with E-state index in [1.165, 1.54) is 11.2 Å². The molecule has 0 saturated carbocycles. The van der Waals surface area contributed by atoms with Crippen molar-refractivity contribution < 1.29 is 0 Å². The van der Waals surface area contributed by atoms with Gasteiger partial charge in [0.15, 0.2) is 0 Å². The van der Waals surface area contributed by atoms with Crippen molar-refractivity contribution in [2.75, 3.05) is 0 Å². The van der Waals surface area contributed by atoms with Gasteiger partial charge in [0.2, 0.25) is 0 Å². The van der Waals surface area contributed by atoms with Gasteiger partial charge in [0.05, 0.1) is 8.07 Å². The van der Waals surface area contributed by atoms with Crippen molar-refractivity contribution in [3.63, 3.8) is 0 Å². The third-order valence-corrected chi connectivity index (χ3v) is 12.9. The summed E-state index contributed by atoms with van der Waals surface area (Å²) < 4.78 is 0. The zero-order valence-corrected chi connectivity index (χ0v) is 15.7. The van der Waals surface area contributed by atoms with E-state index in [0.717, 1.165) is 0 Å². The monoisotopic (exact) mass is 290 g/mol. The van der Waals surface area contributed by atoms with E-state index in [9.17, 15) is 0 Å². The maximum absolute atomic E-state index is 2.53. The number of benzene rings is 1. The molecule has 0 N–H and O–H groups in total. The van der Waals surface area contributed by atoms with Gasteiger partial charge in [0.25, 0.3) is 0 Å². The molecule has 19 heavy (non-hydrogen) atoms. The molecular weight excluding hydrogens is 260 g/mol. The molecular formula is C17H30Si2. The second-order valence-electron chi connectivity index (χ2n) is 7.83. The van der Waals surface area contributed by atoms with Gasteiger partial charge in [0.1, 0.15) is 8.07 Å². The molecule has 0 heterocycles. The highest BCUT2D eigenvalue weighted by molar-refractivity contribution is 6.94. The first kappa shape index (κ1) is 16.4. The van der Waals surface area contributed by atoms with Crippen molar-refractivity contribution in [1.82, 2.24) is 0 Å². The Balaban J connectivity index is 2.77. The second-order valence-corrected chi connectivity index (χ2v) is 17.9. The fraction of sp³-hybridized carbons (Fsp3) is 0.529. The molecule has 0 aliphatic carbocycles. The minimum atomic E-state index is -1.40. The second kappa shape index (κ2) is 5.80. The largest absolute Gasteiger partial charge is 0.103 e. The van der Waals surface area contributed by atoms with Gasteiger partial charge in [-0.2, -0.15) is 0 Å². The predicted molar refractivity (Wildman–Crippen MR) is 94.7 cm³/mol. The molecule has 1 aromatic carbocycles. The van der Waals surface area contributed by atoms with Crippen LogP contribution in [0.15, 0.2) is 42.1 Å². The first-order valence-electron chi connectivity index (χ1n) is 7.29. The predicted octanol–water partition coefficient (Wildman–Crippen LogP) is 5.21. The van der Waals surface area contributed by atoms with Crippen LogP contribution < -0.4 is 5.19 Å². The molecule has 0 aromatic heterocycles. The van der Waals surface area contributed by atoms with E-state index in [0.29, 0.717) is 5.04 Å². The topological polar surface area (TPSA) is 0 Å². The molecule has 1 aromatic rings. The number of hydrogen-bond acceptors (Lipinski definition) is 0. The third-order valence-electron chi connectivity index (χ3n) is 4.71. The normalized spacial score (nSPS) is 14.1. The Morgan fingerprint density at radius 1 is 0.947 bits per heavy atom. The Hall–Kier alpha value is -0.606. The first-order valence-corrected chi connectivity index (χ1v) is 13.6. The Morgan fingerprint density at radius 2 is 1.47 bits per heavy atom. The van der Waals surface area contributed by atoms with Gasteiger partial charge < -0.3 is 0 Å². The van der Waals surface area contributed by atoms with Crippen LogP contribution in [0.5, 0.6) is 0 Å². The van der Waals surface area contributed by atoms with E-state index in [-0.39, 0.29) is 0 Å². The van der Waals surface area contributed by atoms with Gasteiger partial charge in [0, 0.05) is 0 Å². The summed E-state index contributed by atoms with van der Waals surface area (Å²) in [5.41, 5.74) is 2.53. The zero-order chi connectivity index (χ0) is 14.7. The lowest BCUT2D eigenvalue weighted by atomic mass is 10.2. The van der Waals surface area contributed by atoms with Gasteiger partial charge in [-0.15, -0.1) is 0 Å². The highest BCUT2D eigenvalue weighted by atomic mass is 28.3. The van der Waals surface area contributed by atoms with E-state index >= 15 is 0 Å². The third kappa shape index (κ3) is 4.46. The average molecular weight is 291 g/mol. The Morgan fingerprint density at radius 3 is 1.95 bits per heavy atom. The van der Waals surface area contributed by atoms with E-state index in [2.05, 4.69) is 89.1 Å². The molecule has 0 spiro atoms. The molecule has 0 bridgehead atoms. The fourth-order valence-corrected chi connectivity index (χ4v) is 5.42. The molecule has 106 valence electrons. The lowest BCUT2D eigenvalue weighted by Gasteiger charge is -2.36. The van der Waals surface area contributed by atoms with Crippen molar-refractivity contribution in [2.24, 2.45) is 0 Å². The standard InChI is InChI=1S/C17H30Si2/c1-17(2,3)19(6,7)15-11-14-18(4,5)16-12-9-8-10-13-16/h8-14H,15H2,1-7H3/b14-11+. The van der Waals surface area contributed by atoms with Crippen LogP contribution in [-0.2, 0) is 0 Å². The minimum absolute atomic E-state index is 0.482. The summed E-state index contributed by atoms with van der Waals surface area (Å²) >= 11 is 0. The van der Waals surface area contributed by atoms with Gasteiger partial charge in [-0.05, 0) is 11.1 Å². The van der Waals surface area contributed by atoms with Crippen LogP contribution in [-0.4, -0.2) is 16.1 Å². The van der Waals surface area contributed by atoms with Crippen LogP contribution in [0, 0.1) is 0 Å². The van der Waals surface area contributed by atoms with Crippen LogP contribution in [0.3, 0.4) is 0 Å².